The Bertz CT molecular complexity index is 684. The first kappa shape index (κ1) is 17.4. The molecule has 1 saturated heterocycles. The molecule has 0 saturated carbocycles. The first-order valence-electron chi connectivity index (χ1n) is 7.18. The molecule has 0 aliphatic carbocycles. The summed E-state index contributed by atoms with van der Waals surface area (Å²) in [6.45, 7) is 5.26. The minimum absolute atomic E-state index is 0.0580. The van der Waals surface area contributed by atoms with Crippen LogP contribution in [0.25, 0.3) is 0 Å². The zero-order chi connectivity index (χ0) is 17.2. The van der Waals surface area contributed by atoms with E-state index in [0.717, 1.165) is 0 Å². The van der Waals surface area contributed by atoms with Gasteiger partial charge in [0, 0.05) is 26.2 Å². The predicted molar refractivity (Wildman–Crippen MR) is 77.9 cm³/mol. The molecule has 1 aromatic heterocycles. The lowest BCUT2D eigenvalue weighted by atomic mass is 10.3. The topological polar surface area (TPSA) is 110 Å². The lowest BCUT2D eigenvalue weighted by molar-refractivity contribution is -0.160. The highest BCUT2D eigenvalue weighted by molar-refractivity contribution is 7.89. The second-order valence-electron chi connectivity index (χ2n) is 5.07. The maximum atomic E-state index is 12.6. The lowest BCUT2D eigenvalue weighted by Gasteiger charge is -2.33. The third-order valence-corrected chi connectivity index (χ3v) is 5.69. The number of piperazine rings is 1. The Hall–Kier alpha value is -1.94. The van der Waals surface area contributed by atoms with E-state index in [2.05, 4.69) is 9.89 Å². The molecule has 10 heteroatoms. The summed E-state index contributed by atoms with van der Waals surface area (Å²) < 4.78 is 36.1. The average molecular weight is 345 g/mol. The van der Waals surface area contributed by atoms with Crippen molar-refractivity contribution in [2.45, 2.75) is 25.7 Å². The van der Waals surface area contributed by atoms with Gasteiger partial charge >= 0.3 is 11.9 Å². The van der Waals surface area contributed by atoms with Crippen molar-refractivity contribution >= 4 is 21.9 Å². The molecule has 1 aliphatic rings. The van der Waals surface area contributed by atoms with Gasteiger partial charge in [0.05, 0.1) is 6.61 Å². The molecule has 0 bridgehead atoms. The van der Waals surface area contributed by atoms with Gasteiger partial charge in [0.25, 0.3) is 0 Å². The van der Waals surface area contributed by atoms with Crippen molar-refractivity contribution in [2.24, 2.45) is 0 Å². The van der Waals surface area contributed by atoms with E-state index >= 15 is 0 Å². The Balaban J connectivity index is 2.07. The Labute approximate surface area is 134 Å². The van der Waals surface area contributed by atoms with E-state index in [1.807, 2.05) is 0 Å². The number of esters is 1. The highest BCUT2D eigenvalue weighted by Crippen LogP contribution is 2.24. The number of carbonyl (C=O) groups is 2. The quantitative estimate of drug-likeness (QED) is 0.546. The van der Waals surface area contributed by atoms with Crippen LogP contribution in [0.15, 0.2) is 9.42 Å². The van der Waals surface area contributed by atoms with Crippen LogP contribution in [0.5, 0.6) is 0 Å². The molecule has 0 N–H and O–H groups in total. The third kappa shape index (κ3) is 3.37. The van der Waals surface area contributed by atoms with Crippen LogP contribution < -0.4 is 0 Å². The second-order valence-corrected chi connectivity index (χ2v) is 6.94. The van der Waals surface area contributed by atoms with E-state index in [9.17, 15) is 18.0 Å². The first-order chi connectivity index (χ1) is 10.8. The maximum absolute atomic E-state index is 12.6. The normalized spacial score (nSPS) is 16.4. The van der Waals surface area contributed by atoms with E-state index in [-0.39, 0.29) is 43.4 Å². The van der Waals surface area contributed by atoms with Crippen molar-refractivity contribution in [2.75, 3.05) is 32.8 Å². The zero-order valence-electron chi connectivity index (χ0n) is 13.2. The van der Waals surface area contributed by atoms with Crippen molar-refractivity contribution in [1.82, 2.24) is 14.4 Å². The minimum atomic E-state index is -3.74. The fraction of sp³-hybridized carbons (Fsp3) is 0.615. The number of carbonyl (C=O) groups excluding carboxylic acids is 2. The number of ether oxygens (including phenoxy) is 1. The minimum Gasteiger partial charge on any atom is -0.459 e. The molecule has 128 valence electrons. The molecule has 0 atom stereocenters. The van der Waals surface area contributed by atoms with Crippen molar-refractivity contribution in [3.8, 4) is 0 Å². The van der Waals surface area contributed by atoms with Gasteiger partial charge in [0.1, 0.15) is 10.6 Å². The smallest absolute Gasteiger partial charge is 0.397 e. The van der Waals surface area contributed by atoms with Crippen molar-refractivity contribution in [3.05, 3.63) is 11.5 Å². The van der Waals surface area contributed by atoms with E-state index < -0.39 is 21.9 Å². The van der Waals surface area contributed by atoms with Crippen LogP contribution >= 0.6 is 0 Å². The van der Waals surface area contributed by atoms with Crippen LogP contribution in [0.3, 0.4) is 0 Å². The molecule has 0 unspecified atom stereocenters. The molecular formula is C13H19N3O6S. The van der Waals surface area contributed by atoms with Crippen LogP contribution in [-0.2, 0) is 24.3 Å². The van der Waals surface area contributed by atoms with Gasteiger partial charge in [-0.25, -0.2) is 13.2 Å². The van der Waals surface area contributed by atoms with Crippen molar-refractivity contribution in [1.29, 1.82) is 0 Å². The number of amides is 1. The summed E-state index contributed by atoms with van der Waals surface area (Å²) in [7, 11) is -3.74. The summed E-state index contributed by atoms with van der Waals surface area (Å²) in [6, 6.07) is 0. The summed E-state index contributed by atoms with van der Waals surface area (Å²) >= 11 is 0. The molecule has 1 aromatic rings. The lowest BCUT2D eigenvalue weighted by Crippen LogP contribution is -2.52. The summed E-state index contributed by atoms with van der Waals surface area (Å²) in [5, 5.41) is 3.66. The van der Waals surface area contributed by atoms with Gasteiger partial charge in [0.2, 0.25) is 10.0 Å². The van der Waals surface area contributed by atoms with E-state index in [1.165, 1.54) is 16.1 Å². The molecule has 1 aliphatic heterocycles. The third-order valence-electron chi connectivity index (χ3n) is 3.54. The van der Waals surface area contributed by atoms with Crippen molar-refractivity contribution < 1.29 is 27.3 Å². The van der Waals surface area contributed by atoms with Gasteiger partial charge in [-0.3, -0.25) is 4.79 Å². The number of nitrogens with zero attached hydrogens (tertiary/aromatic N) is 3. The van der Waals surface area contributed by atoms with Crippen LogP contribution in [0, 0.1) is 13.8 Å². The molecular weight excluding hydrogens is 326 g/mol. The van der Waals surface area contributed by atoms with E-state index in [0.29, 0.717) is 5.69 Å². The molecule has 2 rings (SSSR count). The summed E-state index contributed by atoms with van der Waals surface area (Å²) in [4.78, 5) is 24.6. The second kappa shape index (κ2) is 6.67. The Morgan fingerprint density at radius 2 is 1.83 bits per heavy atom. The largest absolute Gasteiger partial charge is 0.459 e. The molecule has 1 fully saturated rings. The van der Waals surface area contributed by atoms with Crippen LogP contribution in [0.2, 0.25) is 0 Å². The average Bonchev–Trinajstić information content (AvgIpc) is 2.86. The number of sulfonamides is 1. The van der Waals surface area contributed by atoms with Crippen LogP contribution in [-0.4, -0.2) is 67.4 Å². The molecule has 0 radical (unpaired) electrons. The number of rotatable bonds is 3. The van der Waals surface area contributed by atoms with Gasteiger partial charge < -0.3 is 14.2 Å². The monoisotopic (exact) mass is 345 g/mol. The number of aromatic nitrogens is 1. The zero-order valence-corrected chi connectivity index (χ0v) is 14.1. The van der Waals surface area contributed by atoms with E-state index in [4.69, 9.17) is 4.52 Å². The first-order valence-corrected chi connectivity index (χ1v) is 8.62. The summed E-state index contributed by atoms with van der Waals surface area (Å²) in [6.07, 6.45) is 0. The number of hydrogen-bond donors (Lipinski definition) is 0. The SMILES string of the molecule is CCOC(=O)C(=O)N1CCN(S(=O)(=O)c2c(C)noc2C)CC1. The van der Waals surface area contributed by atoms with E-state index in [1.54, 1.807) is 13.8 Å². The Morgan fingerprint density at radius 3 is 2.30 bits per heavy atom. The van der Waals surface area contributed by atoms with Crippen LogP contribution in [0.1, 0.15) is 18.4 Å². The Morgan fingerprint density at radius 1 is 1.22 bits per heavy atom. The molecule has 0 spiro atoms. The highest BCUT2D eigenvalue weighted by atomic mass is 32.2. The fourth-order valence-corrected chi connectivity index (χ4v) is 4.14. The summed E-state index contributed by atoms with van der Waals surface area (Å²) in [5.74, 6) is -1.44. The molecule has 1 amide bonds. The highest BCUT2D eigenvalue weighted by Gasteiger charge is 2.35. The van der Waals surface area contributed by atoms with Gasteiger partial charge in [-0.1, -0.05) is 5.16 Å². The summed E-state index contributed by atoms with van der Waals surface area (Å²) in [5.41, 5.74) is 0.299. The standard InChI is InChI=1S/C13H19N3O6S/c1-4-21-13(18)12(17)15-5-7-16(8-6-15)23(19,20)11-9(2)14-22-10(11)3/h4-8H2,1-3H3. The fourth-order valence-electron chi connectivity index (χ4n) is 2.43. The molecule has 2 heterocycles. The molecule has 0 aromatic carbocycles. The van der Waals surface area contributed by atoms with Crippen LogP contribution in [0.4, 0.5) is 0 Å². The van der Waals surface area contributed by atoms with Crippen molar-refractivity contribution in [3.63, 3.8) is 0 Å². The number of hydrogen-bond acceptors (Lipinski definition) is 7. The molecule has 23 heavy (non-hydrogen) atoms. The Kier molecular flexibility index (Phi) is 5.05. The van der Waals surface area contributed by atoms with Gasteiger partial charge in [-0.2, -0.15) is 4.31 Å². The number of aryl methyl sites for hydroxylation is 2. The molecule has 9 nitrogen and oxygen atoms in total. The van der Waals surface area contributed by atoms with Gasteiger partial charge in [-0.05, 0) is 20.8 Å². The maximum Gasteiger partial charge on any atom is 0.397 e. The van der Waals surface area contributed by atoms with Gasteiger partial charge in [0.15, 0.2) is 5.76 Å². The predicted octanol–water partition coefficient (Wildman–Crippen LogP) is -0.313. The van der Waals surface area contributed by atoms with Gasteiger partial charge in [-0.15, -0.1) is 0 Å².